The molecule has 1 amide bonds. The number of nitrogens with one attached hydrogen (secondary N) is 1. The first-order valence-electron chi connectivity index (χ1n) is 9.86. The SMILES string of the molecule is CC1CCN(c2ccc(C(=O)N3CCC4(CCNC4)CC3)cn2)CC1.Cl.Cl. The molecule has 0 unspecified atom stereocenters. The summed E-state index contributed by atoms with van der Waals surface area (Å²) in [6, 6.07) is 3.99. The van der Waals surface area contributed by atoms with Gasteiger partial charge in [-0.05, 0) is 62.1 Å². The van der Waals surface area contributed by atoms with E-state index in [1.54, 1.807) is 6.20 Å². The van der Waals surface area contributed by atoms with Crippen molar-refractivity contribution in [2.45, 2.75) is 39.0 Å². The maximum Gasteiger partial charge on any atom is 0.255 e. The first kappa shape index (κ1) is 22.3. The standard InChI is InChI=1S/C20H30N4O.2ClH/c1-16-4-10-23(11-5-16)18-3-2-17(14-22-18)19(25)24-12-7-20(8-13-24)6-9-21-15-20;;/h2-3,14,16,21H,4-13,15H2,1H3;2*1H. The van der Waals surface area contributed by atoms with E-state index in [0.29, 0.717) is 5.41 Å². The molecule has 1 aromatic heterocycles. The number of rotatable bonds is 2. The van der Waals surface area contributed by atoms with E-state index < -0.39 is 0 Å². The van der Waals surface area contributed by atoms with Gasteiger partial charge >= 0.3 is 0 Å². The number of likely N-dealkylation sites (tertiary alicyclic amines) is 1. The zero-order valence-corrected chi connectivity index (χ0v) is 17.8. The second-order valence-corrected chi connectivity index (χ2v) is 8.29. The summed E-state index contributed by atoms with van der Waals surface area (Å²) in [6.45, 7) is 8.48. The van der Waals surface area contributed by atoms with E-state index in [0.717, 1.165) is 69.4 Å². The number of aromatic nitrogens is 1. The highest BCUT2D eigenvalue weighted by Gasteiger charge is 2.38. The van der Waals surface area contributed by atoms with Gasteiger partial charge in [0.05, 0.1) is 5.56 Å². The van der Waals surface area contributed by atoms with Gasteiger partial charge in [-0.15, -0.1) is 24.8 Å². The van der Waals surface area contributed by atoms with E-state index in [4.69, 9.17) is 0 Å². The highest BCUT2D eigenvalue weighted by Crippen LogP contribution is 2.37. The van der Waals surface area contributed by atoms with Crippen LogP contribution in [0.5, 0.6) is 0 Å². The average molecular weight is 415 g/mol. The van der Waals surface area contributed by atoms with Gasteiger partial charge in [-0.2, -0.15) is 0 Å². The molecule has 0 saturated carbocycles. The molecule has 3 fully saturated rings. The van der Waals surface area contributed by atoms with Crippen LogP contribution in [-0.2, 0) is 0 Å². The number of hydrogen-bond acceptors (Lipinski definition) is 4. The number of hydrogen-bond donors (Lipinski definition) is 1. The van der Waals surface area contributed by atoms with Gasteiger partial charge in [0, 0.05) is 38.9 Å². The van der Waals surface area contributed by atoms with Crippen molar-refractivity contribution in [1.29, 1.82) is 0 Å². The van der Waals surface area contributed by atoms with Crippen molar-refractivity contribution in [3.05, 3.63) is 23.9 Å². The zero-order chi connectivity index (χ0) is 17.3. The molecule has 27 heavy (non-hydrogen) atoms. The molecular formula is C20H32Cl2N4O. The summed E-state index contributed by atoms with van der Waals surface area (Å²) in [7, 11) is 0. The van der Waals surface area contributed by atoms with Gasteiger partial charge in [0.1, 0.15) is 5.82 Å². The van der Waals surface area contributed by atoms with Gasteiger partial charge in [0.2, 0.25) is 0 Å². The molecule has 3 aliphatic heterocycles. The topological polar surface area (TPSA) is 48.5 Å². The first-order valence-corrected chi connectivity index (χ1v) is 9.86. The third-order valence-electron chi connectivity index (χ3n) is 6.55. The lowest BCUT2D eigenvalue weighted by atomic mass is 9.78. The van der Waals surface area contributed by atoms with Crippen LogP contribution < -0.4 is 10.2 Å². The Kier molecular flexibility index (Phi) is 7.78. The van der Waals surface area contributed by atoms with E-state index in [2.05, 4.69) is 22.1 Å². The molecule has 152 valence electrons. The third kappa shape index (κ3) is 4.87. The lowest BCUT2D eigenvalue weighted by molar-refractivity contribution is 0.0607. The minimum atomic E-state index is 0. The summed E-state index contributed by atoms with van der Waals surface area (Å²) in [4.78, 5) is 21.7. The van der Waals surface area contributed by atoms with E-state index in [-0.39, 0.29) is 30.7 Å². The Hall–Kier alpha value is -1.04. The van der Waals surface area contributed by atoms with Crippen LogP contribution in [0.3, 0.4) is 0 Å². The predicted molar refractivity (Wildman–Crippen MR) is 114 cm³/mol. The summed E-state index contributed by atoms with van der Waals surface area (Å²) in [5.74, 6) is 1.97. The van der Waals surface area contributed by atoms with Gasteiger partial charge in [0.25, 0.3) is 5.91 Å². The first-order chi connectivity index (χ1) is 12.2. The van der Waals surface area contributed by atoms with Crippen molar-refractivity contribution >= 4 is 36.5 Å². The lowest BCUT2D eigenvalue weighted by Crippen LogP contribution is -2.44. The maximum absolute atomic E-state index is 12.8. The van der Waals surface area contributed by atoms with Gasteiger partial charge in [-0.1, -0.05) is 6.92 Å². The zero-order valence-electron chi connectivity index (χ0n) is 16.2. The number of halogens is 2. The number of anilines is 1. The summed E-state index contributed by atoms with van der Waals surface area (Å²) >= 11 is 0. The Morgan fingerprint density at radius 3 is 2.37 bits per heavy atom. The minimum absolute atomic E-state index is 0. The maximum atomic E-state index is 12.8. The number of piperidine rings is 2. The minimum Gasteiger partial charge on any atom is -0.357 e. The van der Waals surface area contributed by atoms with Crippen molar-refractivity contribution in [3.63, 3.8) is 0 Å². The fraction of sp³-hybridized carbons (Fsp3) is 0.700. The van der Waals surface area contributed by atoms with Crippen molar-refractivity contribution in [2.24, 2.45) is 11.3 Å². The molecule has 0 aliphatic carbocycles. The molecule has 0 radical (unpaired) electrons. The highest BCUT2D eigenvalue weighted by atomic mass is 35.5. The molecule has 0 aromatic carbocycles. The van der Waals surface area contributed by atoms with Crippen LogP contribution in [0, 0.1) is 11.3 Å². The Bertz CT molecular complexity index is 601. The molecule has 5 nitrogen and oxygen atoms in total. The number of carbonyl (C=O) groups excluding carboxylic acids is 1. The smallest absolute Gasteiger partial charge is 0.255 e. The fourth-order valence-corrected chi connectivity index (χ4v) is 4.53. The summed E-state index contributed by atoms with van der Waals surface area (Å²) in [5.41, 5.74) is 1.18. The Balaban J connectivity index is 0.00000131. The number of amides is 1. The van der Waals surface area contributed by atoms with Crippen LogP contribution in [0.4, 0.5) is 5.82 Å². The molecule has 3 saturated heterocycles. The van der Waals surface area contributed by atoms with E-state index in [9.17, 15) is 4.79 Å². The Morgan fingerprint density at radius 1 is 1.11 bits per heavy atom. The number of nitrogens with zero attached hydrogens (tertiary/aromatic N) is 3. The molecular weight excluding hydrogens is 383 g/mol. The normalized spacial score (nSPS) is 22.3. The molecule has 4 rings (SSSR count). The van der Waals surface area contributed by atoms with Crippen LogP contribution in [0.15, 0.2) is 18.3 Å². The summed E-state index contributed by atoms with van der Waals surface area (Å²) in [6.07, 6.45) is 7.75. The van der Waals surface area contributed by atoms with Crippen LogP contribution in [0.25, 0.3) is 0 Å². The summed E-state index contributed by atoms with van der Waals surface area (Å²) in [5, 5.41) is 3.48. The quantitative estimate of drug-likeness (QED) is 0.805. The molecule has 1 aromatic rings. The van der Waals surface area contributed by atoms with Crippen molar-refractivity contribution < 1.29 is 4.79 Å². The Labute approximate surface area is 175 Å². The van der Waals surface area contributed by atoms with Crippen molar-refractivity contribution in [3.8, 4) is 0 Å². The van der Waals surface area contributed by atoms with Crippen molar-refractivity contribution in [2.75, 3.05) is 44.2 Å². The fourth-order valence-electron chi connectivity index (χ4n) is 4.53. The third-order valence-corrected chi connectivity index (χ3v) is 6.55. The second-order valence-electron chi connectivity index (χ2n) is 8.29. The van der Waals surface area contributed by atoms with Gasteiger partial charge in [-0.25, -0.2) is 4.98 Å². The van der Waals surface area contributed by atoms with Crippen molar-refractivity contribution in [1.82, 2.24) is 15.2 Å². The number of pyridine rings is 1. The van der Waals surface area contributed by atoms with Crippen LogP contribution in [0.1, 0.15) is 49.4 Å². The van der Waals surface area contributed by atoms with E-state index in [1.165, 1.54) is 19.3 Å². The van der Waals surface area contributed by atoms with Crippen LogP contribution >= 0.6 is 24.8 Å². The van der Waals surface area contributed by atoms with Crippen LogP contribution in [0.2, 0.25) is 0 Å². The average Bonchev–Trinajstić information content (AvgIpc) is 3.11. The molecule has 0 atom stereocenters. The van der Waals surface area contributed by atoms with Crippen LogP contribution in [-0.4, -0.2) is 55.1 Å². The predicted octanol–water partition coefficient (Wildman–Crippen LogP) is 3.38. The molecule has 0 bridgehead atoms. The van der Waals surface area contributed by atoms with Gasteiger partial charge < -0.3 is 15.1 Å². The number of carbonyl (C=O) groups is 1. The van der Waals surface area contributed by atoms with Gasteiger partial charge in [0.15, 0.2) is 0 Å². The second kappa shape index (κ2) is 9.44. The lowest BCUT2D eigenvalue weighted by Gasteiger charge is -2.38. The molecule has 1 N–H and O–H groups in total. The highest BCUT2D eigenvalue weighted by molar-refractivity contribution is 5.94. The van der Waals surface area contributed by atoms with E-state index in [1.807, 2.05) is 17.0 Å². The Morgan fingerprint density at radius 2 is 1.81 bits per heavy atom. The monoisotopic (exact) mass is 414 g/mol. The summed E-state index contributed by atoms with van der Waals surface area (Å²) < 4.78 is 0. The van der Waals surface area contributed by atoms with Gasteiger partial charge in [-0.3, -0.25) is 4.79 Å². The molecule has 1 spiro atoms. The van der Waals surface area contributed by atoms with E-state index >= 15 is 0 Å². The molecule has 3 aliphatic rings. The molecule has 7 heteroatoms. The molecule has 4 heterocycles. The largest absolute Gasteiger partial charge is 0.357 e.